The Balaban J connectivity index is 1.39. The van der Waals surface area contributed by atoms with Crippen LogP contribution in [0.5, 0.6) is 0 Å². The number of rotatable bonds is 3. The zero-order chi connectivity index (χ0) is 17.3. The van der Waals surface area contributed by atoms with Crippen LogP contribution in [0.2, 0.25) is 0 Å². The van der Waals surface area contributed by atoms with Gasteiger partial charge in [0.1, 0.15) is 0 Å². The summed E-state index contributed by atoms with van der Waals surface area (Å²) in [5.41, 5.74) is 1.98. The topological polar surface area (TPSA) is 53.0 Å². The van der Waals surface area contributed by atoms with Gasteiger partial charge in [0.05, 0.1) is 18.1 Å². The Morgan fingerprint density at radius 2 is 1.56 bits per heavy atom. The standard InChI is InChI=1S/C20H21N3O2/c1-22(2)12-5-3-11(4-6-12)10-21-23-19(24)17-13-7-8-14(16-9-15(13)16)18(17)20(23)25/h3-8,10,13-18H,9H2,1-2H3/t13-,14-,15-,16+,17+,18+/m0/s1. The van der Waals surface area contributed by atoms with Crippen molar-refractivity contribution >= 4 is 23.7 Å². The smallest absolute Gasteiger partial charge is 0.254 e. The number of hydrazone groups is 1. The molecule has 0 unspecified atom stereocenters. The molecule has 1 saturated heterocycles. The molecule has 1 aromatic carbocycles. The molecule has 1 aromatic rings. The van der Waals surface area contributed by atoms with Crippen molar-refractivity contribution in [1.82, 2.24) is 5.01 Å². The first-order chi connectivity index (χ1) is 12.1. The molecule has 1 heterocycles. The van der Waals surface area contributed by atoms with E-state index in [4.69, 9.17) is 0 Å². The number of nitrogens with zero attached hydrogens (tertiary/aromatic N) is 3. The molecule has 3 fully saturated rings. The first-order valence-corrected chi connectivity index (χ1v) is 8.94. The molecule has 25 heavy (non-hydrogen) atoms. The van der Waals surface area contributed by atoms with Crippen molar-refractivity contribution in [2.45, 2.75) is 6.42 Å². The van der Waals surface area contributed by atoms with Crippen LogP contribution in [0, 0.1) is 35.5 Å². The molecule has 128 valence electrons. The van der Waals surface area contributed by atoms with Gasteiger partial charge in [-0.25, -0.2) is 0 Å². The maximum atomic E-state index is 12.8. The normalized spacial score (nSPS) is 37.6. The van der Waals surface area contributed by atoms with Crippen LogP contribution in [-0.4, -0.2) is 37.1 Å². The average Bonchev–Trinajstić information content (AvgIpc) is 3.39. The highest BCUT2D eigenvalue weighted by Gasteiger charge is 2.67. The lowest BCUT2D eigenvalue weighted by molar-refractivity contribution is -0.140. The SMILES string of the molecule is CN(C)c1ccc(C=NN2C(=O)[C@@H]3[C@H]4C=C[C@@H]([C@@H]5C[C@H]45)[C@H]3C2=O)cc1. The number of anilines is 1. The predicted octanol–water partition coefficient (Wildman–Crippen LogP) is 2.14. The van der Waals surface area contributed by atoms with E-state index in [0.29, 0.717) is 11.8 Å². The summed E-state index contributed by atoms with van der Waals surface area (Å²) in [6.45, 7) is 0. The summed E-state index contributed by atoms with van der Waals surface area (Å²) in [7, 11) is 3.97. The second-order valence-electron chi connectivity index (χ2n) is 7.87. The van der Waals surface area contributed by atoms with E-state index in [-0.39, 0.29) is 35.5 Å². The highest BCUT2D eigenvalue weighted by Crippen LogP contribution is 2.65. The summed E-state index contributed by atoms with van der Waals surface area (Å²) in [4.78, 5) is 27.7. The average molecular weight is 335 g/mol. The van der Waals surface area contributed by atoms with Gasteiger partial charge in [0.2, 0.25) is 0 Å². The molecule has 2 bridgehead atoms. The largest absolute Gasteiger partial charge is 0.378 e. The monoisotopic (exact) mass is 335 g/mol. The summed E-state index contributed by atoms with van der Waals surface area (Å²) >= 11 is 0. The number of allylic oxidation sites excluding steroid dienone is 2. The molecule has 5 aliphatic rings. The van der Waals surface area contributed by atoms with Crippen LogP contribution in [0.3, 0.4) is 0 Å². The summed E-state index contributed by atoms with van der Waals surface area (Å²) in [6.07, 6.45) is 7.15. The van der Waals surface area contributed by atoms with Crippen molar-refractivity contribution in [2.24, 2.45) is 40.6 Å². The Morgan fingerprint density at radius 1 is 1.00 bits per heavy atom. The summed E-state index contributed by atoms with van der Waals surface area (Å²) in [6, 6.07) is 7.87. The van der Waals surface area contributed by atoms with Crippen LogP contribution in [0.25, 0.3) is 0 Å². The second-order valence-corrected chi connectivity index (χ2v) is 7.87. The van der Waals surface area contributed by atoms with Crippen LogP contribution < -0.4 is 4.90 Å². The lowest BCUT2D eigenvalue weighted by atomic mass is 9.63. The first-order valence-electron chi connectivity index (χ1n) is 8.94. The fourth-order valence-electron chi connectivity index (χ4n) is 5.04. The Labute approximate surface area is 147 Å². The van der Waals surface area contributed by atoms with Gasteiger partial charge in [0.25, 0.3) is 11.8 Å². The maximum absolute atomic E-state index is 12.8. The van der Waals surface area contributed by atoms with Crippen molar-refractivity contribution in [2.75, 3.05) is 19.0 Å². The highest BCUT2D eigenvalue weighted by molar-refractivity contribution is 6.06. The molecule has 0 spiro atoms. The molecule has 2 amide bonds. The second kappa shape index (κ2) is 5.04. The fourth-order valence-corrected chi connectivity index (χ4v) is 5.04. The van der Waals surface area contributed by atoms with Crippen molar-refractivity contribution in [1.29, 1.82) is 0 Å². The number of hydrogen-bond donors (Lipinski definition) is 0. The van der Waals surface area contributed by atoms with Gasteiger partial charge < -0.3 is 4.90 Å². The molecule has 5 heteroatoms. The van der Waals surface area contributed by atoms with E-state index < -0.39 is 0 Å². The van der Waals surface area contributed by atoms with Crippen molar-refractivity contribution in [3.63, 3.8) is 0 Å². The van der Waals surface area contributed by atoms with E-state index in [2.05, 4.69) is 17.3 Å². The van der Waals surface area contributed by atoms with Crippen molar-refractivity contribution in [3.05, 3.63) is 42.0 Å². The molecular formula is C20H21N3O2. The van der Waals surface area contributed by atoms with E-state index in [1.165, 1.54) is 6.42 Å². The van der Waals surface area contributed by atoms with E-state index in [1.807, 2.05) is 43.3 Å². The Bertz CT molecular complexity index is 775. The van der Waals surface area contributed by atoms with Gasteiger partial charge in [-0.2, -0.15) is 10.1 Å². The van der Waals surface area contributed by atoms with E-state index >= 15 is 0 Å². The van der Waals surface area contributed by atoms with Crippen LogP contribution in [0.4, 0.5) is 5.69 Å². The molecule has 0 radical (unpaired) electrons. The zero-order valence-electron chi connectivity index (χ0n) is 14.4. The van der Waals surface area contributed by atoms with Crippen LogP contribution in [-0.2, 0) is 9.59 Å². The molecule has 6 atom stereocenters. The van der Waals surface area contributed by atoms with Gasteiger partial charge in [-0.3, -0.25) is 9.59 Å². The number of hydrogen-bond acceptors (Lipinski definition) is 4. The van der Waals surface area contributed by atoms with Gasteiger partial charge in [-0.1, -0.05) is 24.3 Å². The van der Waals surface area contributed by atoms with Crippen molar-refractivity contribution in [3.8, 4) is 0 Å². The molecular weight excluding hydrogens is 314 g/mol. The summed E-state index contributed by atoms with van der Waals surface area (Å²) < 4.78 is 0. The molecule has 2 saturated carbocycles. The number of amides is 2. The van der Waals surface area contributed by atoms with E-state index in [1.54, 1.807) is 6.21 Å². The summed E-state index contributed by atoms with van der Waals surface area (Å²) in [5, 5.41) is 5.39. The van der Waals surface area contributed by atoms with Crippen LogP contribution in [0.15, 0.2) is 41.5 Å². The minimum atomic E-state index is -0.181. The third-order valence-electron chi connectivity index (χ3n) is 6.37. The quantitative estimate of drug-likeness (QED) is 0.483. The molecule has 4 aliphatic carbocycles. The summed E-state index contributed by atoms with van der Waals surface area (Å²) in [5.74, 6) is 1.15. The highest BCUT2D eigenvalue weighted by atomic mass is 16.2. The third kappa shape index (κ3) is 2.04. The maximum Gasteiger partial charge on any atom is 0.254 e. The molecule has 0 N–H and O–H groups in total. The number of carbonyl (C=O) groups is 2. The van der Waals surface area contributed by atoms with E-state index in [0.717, 1.165) is 16.3 Å². The van der Waals surface area contributed by atoms with Gasteiger partial charge in [0.15, 0.2) is 0 Å². The lowest BCUT2D eigenvalue weighted by Crippen LogP contribution is -2.40. The zero-order valence-corrected chi connectivity index (χ0v) is 14.4. The Kier molecular flexibility index (Phi) is 3.00. The van der Waals surface area contributed by atoms with Gasteiger partial charge in [0, 0.05) is 19.8 Å². The van der Waals surface area contributed by atoms with E-state index in [9.17, 15) is 9.59 Å². The van der Waals surface area contributed by atoms with Crippen molar-refractivity contribution < 1.29 is 9.59 Å². The minimum absolute atomic E-state index is 0.110. The Hall–Kier alpha value is -2.43. The molecule has 0 aromatic heterocycles. The predicted molar refractivity (Wildman–Crippen MR) is 94.9 cm³/mol. The minimum Gasteiger partial charge on any atom is -0.378 e. The van der Waals surface area contributed by atoms with Crippen LogP contribution in [0.1, 0.15) is 12.0 Å². The Morgan fingerprint density at radius 3 is 2.08 bits per heavy atom. The number of benzene rings is 1. The number of imide groups is 1. The third-order valence-corrected chi connectivity index (χ3v) is 6.37. The van der Waals surface area contributed by atoms with Gasteiger partial charge >= 0.3 is 0 Å². The first kappa shape index (κ1) is 14.9. The van der Waals surface area contributed by atoms with Gasteiger partial charge in [-0.05, 0) is 47.8 Å². The number of carbonyl (C=O) groups excluding carboxylic acids is 2. The lowest BCUT2D eigenvalue weighted by Gasteiger charge is -2.37. The molecule has 5 nitrogen and oxygen atoms in total. The molecule has 1 aliphatic heterocycles. The molecule has 6 rings (SSSR count). The fraction of sp³-hybridized carbons (Fsp3) is 0.450. The van der Waals surface area contributed by atoms with Gasteiger partial charge in [-0.15, -0.1) is 0 Å². The van der Waals surface area contributed by atoms with Crippen LogP contribution >= 0.6 is 0 Å².